The number of rotatable bonds is 6. The van der Waals surface area contributed by atoms with E-state index in [0.29, 0.717) is 79.6 Å². The molecule has 3 heterocycles. The normalized spacial score (nSPS) is 13.5. The molecule has 16 heteroatoms. The molecule has 0 fully saturated rings. The summed E-state index contributed by atoms with van der Waals surface area (Å²) in [6.45, 7) is 16.1. The number of nitrogens with one attached hydrogen (secondary N) is 1. The first-order valence-electron chi connectivity index (χ1n) is 22.2. The summed E-state index contributed by atoms with van der Waals surface area (Å²) in [5, 5.41) is 19.6. The third kappa shape index (κ3) is 12.2. The Balaban J connectivity index is 0.000000233. The van der Waals surface area contributed by atoms with Crippen molar-refractivity contribution >= 4 is 57.8 Å². The molecule has 4 aliphatic rings. The van der Waals surface area contributed by atoms with Gasteiger partial charge < -0.3 is 52.9 Å². The molecule has 0 radical (unpaired) electrons. The maximum atomic E-state index is 12.7. The fourth-order valence-corrected chi connectivity index (χ4v) is 8.60. The minimum absolute atomic E-state index is 0. The van der Waals surface area contributed by atoms with Crippen LogP contribution in [0.2, 0.25) is 0 Å². The van der Waals surface area contributed by atoms with Gasteiger partial charge in [0.15, 0.2) is 11.0 Å². The zero-order valence-electron chi connectivity index (χ0n) is 40.1. The van der Waals surface area contributed by atoms with Gasteiger partial charge in [-0.15, -0.1) is 0 Å². The highest BCUT2D eigenvalue weighted by Crippen LogP contribution is 2.56. The number of carboxylic acid groups (broad SMARTS) is 1. The van der Waals surface area contributed by atoms with Crippen molar-refractivity contribution in [1.29, 1.82) is 0 Å². The third-order valence-corrected chi connectivity index (χ3v) is 11.2. The number of aromatic carboxylic acids is 1. The molecule has 3 aliphatic heterocycles. The molecule has 15 nitrogen and oxygen atoms in total. The van der Waals surface area contributed by atoms with Crippen molar-refractivity contribution in [3.63, 3.8) is 0 Å². The highest BCUT2D eigenvalue weighted by atomic mass is 35.5. The number of nitrogens with zero attached hydrogens (tertiary/aromatic N) is 1. The van der Waals surface area contributed by atoms with Gasteiger partial charge in [0.1, 0.15) is 22.8 Å². The molecule has 0 aromatic heterocycles. The third-order valence-electron chi connectivity index (χ3n) is 11.2. The molecule has 71 heavy (non-hydrogen) atoms. The van der Waals surface area contributed by atoms with Crippen LogP contribution >= 0.6 is 0 Å². The average molecular weight is 987 g/mol. The van der Waals surface area contributed by atoms with E-state index in [1.807, 2.05) is 48.5 Å². The van der Waals surface area contributed by atoms with Crippen LogP contribution in [-0.4, -0.2) is 58.4 Å². The van der Waals surface area contributed by atoms with Crippen LogP contribution in [-0.2, 0) is 29.5 Å². The molecule has 372 valence electrons. The lowest BCUT2D eigenvalue weighted by Crippen LogP contribution is -3.00. The molecule has 0 bridgehead atoms. The van der Waals surface area contributed by atoms with E-state index in [-0.39, 0.29) is 31.3 Å². The van der Waals surface area contributed by atoms with Crippen molar-refractivity contribution < 1.29 is 65.5 Å². The van der Waals surface area contributed by atoms with Crippen LogP contribution in [0.15, 0.2) is 126 Å². The Bertz CT molecular complexity index is 3110. The van der Waals surface area contributed by atoms with Crippen LogP contribution in [0.4, 0.5) is 17.1 Å². The van der Waals surface area contributed by atoms with Crippen molar-refractivity contribution in [3.8, 4) is 33.9 Å². The number of benzene rings is 6. The minimum Gasteiger partial charge on any atom is -1.00 e. The van der Waals surface area contributed by atoms with Gasteiger partial charge in [-0.1, -0.05) is 50.7 Å². The van der Waals surface area contributed by atoms with Crippen LogP contribution in [0.25, 0.3) is 33.4 Å². The average Bonchev–Trinajstić information content (AvgIpc) is 3.57. The zero-order valence-corrected chi connectivity index (χ0v) is 40.8. The number of hydrogen-bond acceptors (Lipinski definition) is 12. The fourth-order valence-electron chi connectivity index (χ4n) is 8.60. The number of nitrogen functional groups attached to an aromatic ring is 2. The highest BCUT2D eigenvalue weighted by Gasteiger charge is 2.53. The molecule has 0 saturated carbocycles. The number of esters is 3. The number of carbonyl (C=O) groups excluding carboxylic acids is 4. The molecular formula is C55H60ClN5O10. The number of halogens is 1. The molecule has 0 saturated heterocycles. The molecule has 1 amide bonds. The molecule has 8 N–H and O–H groups in total. The lowest BCUT2D eigenvalue weighted by Gasteiger charge is -2.36. The van der Waals surface area contributed by atoms with Crippen molar-refractivity contribution in [2.45, 2.75) is 80.5 Å². The maximum Gasteiger partial charge on any atom is 0.340 e. The van der Waals surface area contributed by atoms with Gasteiger partial charge in [-0.25, -0.2) is 9.59 Å². The predicted molar refractivity (Wildman–Crippen MR) is 270 cm³/mol. The molecule has 1 aliphatic carbocycles. The van der Waals surface area contributed by atoms with Gasteiger partial charge in [-0.05, 0) is 94.4 Å². The second-order valence-corrected chi connectivity index (χ2v) is 16.8. The number of anilines is 3. The smallest absolute Gasteiger partial charge is 0.340 e. The Hall–Kier alpha value is -8.01. The molecular weight excluding hydrogens is 926 g/mol. The molecule has 5 aromatic carbocycles. The summed E-state index contributed by atoms with van der Waals surface area (Å²) in [4.78, 5) is 57.9. The number of ether oxygens (including phenoxy) is 3. The van der Waals surface area contributed by atoms with Gasteiger partial charge in [-0.3, -0.25) is 24.7 Å². The summed E-state index contributed by atoms with van der Waals surface area (Å²) >= 11 is 0. The van der Waals surface area contributed by atoms with Gasteiger partial charge in [0.05, 0.1) is 17.2 Å². The van der Waals surface area contributed by atoms with E-state index >= 15 is 0 Å². The summed E-state index contributed by atoms with van der Waals surface area (Å²) < 4.78 is 22.1. The minimum atomic E-state index is -1.13. The quantitative estimate of drug-likeness (QED) is 0.0574. The first-order valence-corrected chi connectivity index (χ1v) is 22.2. The summed E-state index contributed by atoms with van der Waals surface area (Å²) in [6.07, 6.45) is 0. The predicted octanol–water partition coefficient (Wildman–Crippen LogP) is 5.80. The van der Waals surface area contributed by atoms with Crippen molar-refractivity contribution in [1.82, 2.24) is 4.90 Å². The molecule has 9 rings (SSSR count). The Labute approximate surface area is 419 Å². The Morgan fingerprint density at radius 3 is 1.89 bits per heavy atom. The first kappa shape index (κ1) is 55.6. The monoisotopic (exact) mass is 985 g/mol. The van der Waals surface area contributed by atoms with Gasteiger partial charge in [0.25, 0.3) is 0 Å². The van der Waals surface area contributed by atoms with E-state index in [2.05, 4.69) is 49.6 Å². The Kier molecular flexibility index (Phi) is 18.4. The Morgan fingerprint density at radius 1 is 0.732 bits per heavy atom. The number of nitrogens with two attached hydrogens (primary N) is 3. The van der Waals surface area contributed by atoms with E-state index < -0.39 is 29.5 Å². The first-order chi connectivity index (χ1) is 32.7. The second-order valence-electron chi connectivity index (χ2n) is 16.8. The van der Waals surface area contributed by atoms with E-state index in [4.69, 9.17) is 30.8 Å². The standard InChI is InChI=1S/C22H16N2O4.C20H14N2O3.C8H19N.C4H6O3.CH4.ClH/c1-12(25)24-14-7-9-18-20(11-14)27-19-10-13(23)6-8-17(19)22(18)16-5-3-2-4-15(16)21(26)28-22;21-11-5-7-15-17(9-11)25-18-10-12(22)6-8-16(18)19(15)13-3-1-2-4-14(13)20(23)24;1-6-9(7(2)3)8(4)5;1-3(5)7-4(2)6;;/h2-11H,23H2,1H3,(H,24,25);1-10,21H,22H2,(H,23,24);7-8H,6H2,1-5H3;1-2H3;1H4;1H. The SMILES string of the molecule is C.CC(=O)Nc1ccc2c(c1)Oc1cc(N)ccc1C21OC(=O)c2ccccc21.CC(=O)OC(C)=O.CCN(C(C)C)C(C)C.Nc1ccc2c(-c3ccccc3C(=O)O)c3ccc(=[NH2+])cc-3oc2c1.[Cl-]. The maximum absolute atomic E-state index is 12.7. The summed E-state index contributed by atoms with van der Waals surface area (Å²) in [7, 11) is 0. The summed E-state index contributed by atoms with van der Waals surface area (Å²) in [5.41, 5.74) is 18.1. The topological polar surface area (TPSA) is 239 Å². The number of fused-ring (bicyclic) bond motifs is 8. The van der Waals surface area contributed by atoms with Crippen LogP contribution in [0.1, 0.15) is 100 Å². The molecule has 1 atom stereocenters. The molecule has 1 spiro atoms. The van der Waals surface area contributed by atoms with Crippen LogP contribution in [0.5, 0.6) is 11.5 Å². The van der Waals surface area contributed by atoms with Crippen LogP contribution in [0.3, 0.4) is 0 Å². The Morgan fingerprint density at radius 2 is 1.31 bits per heavy atom. The van der Waals surface area contributed by atoms with E-state index in [0.717, 1.165) is 28.6 Å². The van der Waals surface area contributed by atoms with Crippen LogP contribution in [0, 0.1) is 0 Å². The van der Waals surface area contributed by atoms with Crippen molar-refractivity contribution in [3.05, 3.63) is 155 Å². The van der Waals surface area contributed by atoms with Crippen LogP contribution < -0.4 is 44.7 Å². The number of carbonyl (C=O) groups is 5. The lowest BCUT2D eigenvalue weighted by atomic mass is 9.77. The van der Waals surface area contributed by atoms with Gasteiger partial charge in [0, 0.05) is 107 Å². The van der Waals surface area contributed by atoms with E-state index in [1.54, 1.807) is 72.8 Å². The summed E-state index contributed by atoms with van der Waals surface area (Å²) in [5.74, 6) is -1.10. The van der Waals surface area contributed by atoms with Gasteiger partial charge in [0.2, 0.25) is 5.91 Å². The van der Waals surface area contributed by atoms with Gasteiger partial charge in [-0.2, -0.15) is 0 Å². The second kappa shape index (κ2) is 23.5. The highest BCUT2D eigenvalue weighted by molar-refractivity contribution is 6.07. The molecule has 5 aromatic rings. The largest absolute Gasteiger partial charge is 1.00 e. The fraction of sp³-hybridized carbons (Fsp3) is 0.236. The summed E-state index contributed by atoms with van der Waals surface area (Å²) in [6, 6.07) is 36.9. The number of amides is 1. The van der Waals surface area contributed by atoms with E-state index in [9.17, 15) is 29.1 Å². The zero-order chi connectivity index (χ0) is 50.3. The number of hydrogen-bond donors (Lipinski definition) is 5. The van der Waals surface area contributed by atoms with E-state index in [1.165, 1.54) is 20.8 Å². The van der Waals surface area contributed by atoms with Gasteiger partial charge >= 0.3 is 23.9 Å². The van der Waals surface area contributed by atoms with Crippen molar-refractivity contribution in [2.75, 3.05) is 23.3 Å². The number of carboxylic acids is 1. The lowest BCUT2D eigenvalue weighted by molar-refractivity contribution is -0.172. The van der Waals surface area contributed by atoms with Crippen molar-refractivity contribution in [2.24, 2.45) is 0 Å². The molecule has 1 unspecified atom stereocenters.